The van der Waals surface area contributed by atoms with Gasteiger partial charge < -0.3 is 5.32 Å². The number of halogens is 2. The van der Waals surface area contributed by atoms with Crippen LogP contribution in [0, 0.1) is 18.6 Å². The molecular formula is C23H23F2N3OS. The van der Waals surface area contributed by atoms with E-state index in [0.717, 1.165) is 41.0 Å². The number of aryl methyl sites for hydroxylation is 1. The standard InChI is InChI=1S/C23H23F2N3OS/c1-14-21(11-15-5-8-18(24)9-6-15)30-23(26-14)28-22(29)27-20-10-7-17(13-20)16-3-2-4-19(25)12-16/h2-6,8-9,12,17,20H,7,10-11,13H2,1H3,(H2,26,27,28,29). The highest BCUT2D eigenvalue weighted by Crippen LogP contribution is 2.34. The Kier molecular flexibility index (Phi) is 6.08. The third kappa shape index (κ3) is 5.02. The van der Waals surface area contributed by atoms with Crippen molar-refractivity contribution < 1.29 is 13.6 Å². The number of hydrogen-bond acceptors (Lipinski definition) is 3. The van der Waals surface area contributed by atoms with Crippen LogP contribution in [0.3, 0.4) is 0 Å². The van der Waals surface area contributed by atoms with Gasteiger partial charge in [0, 0.05) is 17.3 Å². The maximum Gasteiger partial charge on any atom is 0.321 e. The predicted octanol–water partition coefficient (Wildman–Crippen LogP) is 5.78. The molecule has 2 unspecified atom stereocenters. The van der Waals surface area contributed by atoms with Gasteiger partial charge in [0.05, 0.1) is 5.69 Å². The van der Waals surface area contributed by atoms with Gasteiger partial charge in [0.1, 0.15) is 11.6 Å². The van der Waals surface area contributed by atoms with Crippen LogP contribution >= 0.6 is 11.3 Å². The number of urea groups is 1. The first-order valence-electron chi connectivity index (χ1n) is 10.00. The Labute approximate surface area is 178 Å². The summed E-state index contributed by atoms with van der Waals surface area (Å²) in [5.74, 6) is -0.224. The van der Waals surface area contributed by atoms with Gasteiger partial charge in [-0.3, -0.25) is 5.32 Å². The number of rotatable bonds is 5. The van der Waals surface area contributed by atoms with Crippen molar-refractivity contribution in [3.05, 3.63) is 81.9 Å². The molecule has 0 radical (unpaired) electrons. The second-order valence-corrected chi connectivity index (χ2v) is 8.77. The van der Waals surface area contributed by atoms with Crippen molar-refractivity contribution in [3.8, 4) is 0 Å². The number of nitrogens with zero attached hydrogens (tertiary/aromatic N) is 1. The van der Waals surface area contributed by atoms with Crippen LogP contribution in [0.4, 0.5) is 18.7 Å². The van der Waals surface area contributed by atoms with E-state index in [2.05, 4.69) is 15.6 Å². The van der Waals surface area contributed by atoms with E-state index >= 15 is 0 Å². The summed E-state index contributed by atoms with van der Waals surface area (Å²) >= 11 is 1.43. The van der Waals surface area contributed by atoms with Crippen molar-refractivity contribution in [1.29, 1.82) is 0 Å². The molecule has 0 aliphatic heterocycles. The molecule has 2 N–H and O–H groups in total. The van der Waals surface area contributed by atoms with E-state index < -0.39 is 0 Å². The lowest BCUT2D eigenvalue weighted by atomic mass is 9.97. The molecule has 1 aromatic heterocycles. The van der Waals surface area contributed by atoms with Crippen LogP contribution in [0.1, 0.15) is 46.9 Å². The lowest BCUT2D eigenvalue weighted by molar-refractivity contribution is 0.248. The van der Waals surface area contributed by atoms with Crippen LogP contribution in [0.5, 0.6) is 0 Å². The quantitative estimate of drug-likeness (QED) is 0.542. The van der Waals surface area contributed by atoms with Crippen molar-refractivity contribution >= 4 is 22.5 Å². The number of nitrogens with one attached hydrogen (secondary N) is 2. The molecule has 2 atom stereocenters. The summed E-state index contributed by atoms with van der Waals surface area (Å²) in [6.45, 7) is 1.90. The first-order valence-corrected chi connectivity index (χ1v) is 10.8. The molecule has 0 bridgehead atoms. The van der Waals surface area contributed by atoms with Gasteiger partial charge in [0.15, 0.2) is 5.13 Å². The summed E-state index contributed by atoms with van der Waals surface area (Å²) in [5, 5.41) is 6.38. The lowest BCUT2D eigenvalue weighted by Crippen LogP contribution is -2.36. The largest absolute Gasteiger partial charge is 0.335 e. The molecule has 0 spiro atoms. The fourth-order valence-corrected chi connectivity index (χ4v) is 4.92. The van der Waals surface area contributed by atoms with E-state index in [9.17, 15) is 13.6 Å². The number of aromatic nitrogens is 1. The van der Waals surface area contributed by atoms with Crippen LogP contribution in [-0.2, 0) is 6.42 Å². The van der Waals surface area contributed by atoms with Crippen LogP contribution in [0.2, 0.25) is 0 Å². The predicted molar refractivity (Wildman–Crippen MR) is 115 cm³/mol. The minimum absolute atomic E-state index is 0.0537. The molecular weight excluding hydrogens is 404 g/mol. The number of thiazole rings is 1. The molecule has 30 heavy (non-hydrogen) atoms. The smallest absolute Gasteiger partial charge is 0.321 e. The van der Waals surface area contributed by atoms with Gasteiger partial charge in [-0.2, -0.15) is 0 Å². The SMILES string of the molecule is Cc1nc(NC(=O)NC2CCC(c3cccc(F)c3)C2)sc1Cc1ccc(F)cc1. The summed E-state index contributed by atoms with van der Waals surface area (Å²) in [6.07, 6.45) is 3.22. The van der Waals surface area contributed by atoms with E-state index in [1.165, 1.54) is 29.5 Å². The molecule has 3 aromatic rings. The molecule has 4 nitrogen and oxygen atoms in total. The molecule has 7 heteroatoms. The maximum absolute atomic E-state index is 13.5. The minimum atomic E-state index is -0.276. The second kappa shape index (κ2) is 8.92. The Morgan fingerprint density at radius 2 is 1.93 bits per heavy atom. The topological polar surface area (TPSA) is 54.0 Å². The van der Waals surface area contributed by atoms with Gasteiger partial charge in [-0.15, -0.1) is 11.3 Å². The Bertz CT molecular complexity index is 1040. The average molecular weight is 428 g/mol. The Morgan fingerprint density at radius 1 is 1.13 bits per heavy atom. The number of carbonyl (C=O) groups excluding carboxylic acids is 1. The van der Waals surface area contributed by atoms with E-state index in [4.69, 9.17) is 0 Å². The number of amides is 2. The molecule has 1 heterocycles. The monoisotopic (exact) mass is 427 g/mol. The van der Waals surface area contributed by atoms with Crippen LogP contribution in [0.25, 0.3) is 0 Å². The minimum Gasteiger partial charge on any atom is -0.335 e. The van der Waals surface area contributed by atoms with E-state index in [0.29, 0.717) is 11.6 Å². The van der Waals surface area contributed by atoms with Crippen LogP contribution in [0.15, 0.2) is 48.5 Å². The summed E-state index contributed by atoms with van der Waals surface area (Å²) < 4.78 is 26.5. The summed E-state index contributed by atoms with van der Waals surface area (Å²) in [7, 11) is 0. The molecule has 2 amide bonds. The van der Waals surface area contributed by atoms with Crippen molar-refractivity contribution in [3.63, 3.8) is 0 Å². The van der Waals surface area contributed by atoms with E-state index in [-0.39, 0.29) is 29.6 Å². The van der Waals surface area contributed by atoms with Gasteiger partial charge in [-0.25, -0.2) is 18.6 Å². The van der Waals surface area contributed by atoms with Gasteiger partial charge in [0.2, 0.25) is 0 Å². The molecule has 1 aliphatic carbocycles. The Hall–Kier alpha value is -2.80. The first kappa shape index (κ1) is 20.5. The van der Waals surface area contributed by atoms with Crippen LogP contribution in [-0.4, -0.2) is 17.1 Å². The van der Waals surface area contributed by atoms with Crippen molar-refractivity contribution in [2.24, 2.45) is 0 Å². The molecule has 156 valence electrons. The van der Waals surface area contributed by atoms with Gasteiger partial charge in [-0.1, -0.05) is 24.3 Å². The van der Waals surface area contributed by atoms with Crippen molar-refractivity contribution in [1.82, 2.24) is 10.3 Å². The van der Waals surface area contributed by atoms with Crippen LogP contribution < -0.4 is 10.6 Å². The zero-order chi connectivity index (χ0) is 21.1. The molecule has 1 aliphatic rings. The first-order chi connectivity index (χ1) is 14.5. The molecule has 2 aromatic carbocycles. The maximum atomic E-state index is 13.5. The zero-order valence-electron chi connectivity index (χ0n) is 16.6. The Balaban J connectivity index is 1.32. The average Bonchev–Trinajstić information content (AvgIpc) is 3.30. The number of benzene rings is 2. The van der Waals surface area contributed by atoms with E-state index in [1.54, 1.807) is 24.3 Å². The van der Waals surface area contributed by atoms with Crippen molar-refractivity contribution in [2.45, 2.75) is 44.6 Å². The van der Waals surface area contributed by atoms with E-state index in [1.807, 2.05) is 13.0 Å². The number of carbonyl (C=O) groups is 1. The fourth-order valence-electron chi connectivity index (χ4n) is 3.93. The number of anilines is 1. The van der Waals surface area contributed by atoms with Gasteiger partial charge in [0.25, 0.3) is 0 Å². The lowest BCUT2D eigenvalue weighted by Gasteiger charge is -2.14. The van der Waals surface area contributed by atoms with Gasteiger partial charge >= 0.3 is 6.03 Å². The Morgan fingerprint density at radius 3 is 2.70 bits per heavy atom. The zero-order valence-corrected chi connectivity index (χ0v) is 17.4. The second-order valence-electron chi connectivity index (χ2n) is 7.69. The normalized spacial score (nSPS) is 18.4. The fraction of sp³-hybridized carbons (Fsp3) is 0.304. The van der Waals surface area contributed by atoms with Gasteiger partial charge in [-0.05, 0) is 67.5 Å². The summed E-state index contributed by atoms with van der Waals surface area (Å²) in [4.78, 5) is 17.9. The highest BCUT2D eigenvalue weighted by Gasteiger charge is 2.27. The molecule has 1 fully saturated rings. The third-order valence-electron chi connectivity index (χ3n) is 5.48. The highest BCUT2D eigenvalue weighted by molar-refractivity contribution is 7.15. The molecule has 0 saturated heterocycles. The summed E-state index contributed by atoms with van der Waals surface area (Å²) in [5.41, 5.74) is 2.83. The third-order valence-corrected chi connectivity index (χ3v) is 6.55. The van der Waals surface area contributed by atoms with Crippen molar-refractivity contribution in [2.75, 3.05) is 5.32 Å². The summed E-state index contributed by atoms with van der Waals surface area (Å²) in [6, 6.07) is 12.9. The number of hydrogen-bond donors (Lipinski definition) is 2. The molecule has 4 rings (SSSR count). The molecule has 1 saturated carbocycles. The highest BCUT2D eigenvalue weighted by atomic mass is 32.1.